The number of rotatable bonds is 7. The summed E-state index contributed by atoms with van der Waals surface area (Å²) in [6, 6.07) is 20.9. The zero-order valence-corrected chi connectivity index (χ0v) is 16.2. The van der Waals surface area contributed by atoms with Crippen molar-refractivity contribution in [2.24, 2.45) is 5.10 Å². The molecule has 0 aliphatic rings. The molecular formula is C23H19N3O4. The molecule has 0 heterocycles. The monoisotopic (exact) mass is 401 g/mol. The smallest absolute Gasteiger partial charge is 0.275 e. The lowest BCUT2D eigenvalue weighted by Gasteiger charge is -2.07. The number of nitrogens with zero attached hydrogens (tertiary/aromatic N) is 2. The summed E-state index contributed by atoms with van der Waals surface area (Å²) >= 11 is 0. The van der Waals surface area contributed by atoms with Crippen LogP contribution in [0.3, 0.4) is 0 Å². The maximum absolute atomic E-state index is 12.1. The molecule has 0 aliphatic carbocycles. The third-order valence-corrected chi connectivity index (χ3v) is 4.24. The number of nitriles is 1. The van der Waals surface area contributed by atoms with E-state index in [0.29, 0.717) is 23.7 Å². The second kappa shape index (κ2) is 9.75. The molecule has 3 aromatic rings. The summed E-state index contributed by atoms with van der Waals surface area (Å²) in [6.45, 7) is 0.290. The summed E-state index contributed by atoms with van der Waals surface area (Å²) < 4.78 is 10.7. The molecule has 7 nitrogen and oxygen atoms in total. The number of benzene rings is 3. The van der Waals surface area contributed by atoms with Crippen LogP contribution in [-0.4, -0.2) is 24.3 Å². The fourth-order valence-corrected chi connectivity index (χ4v) is 2.62. The van der Waals surface area contributed by atoms with E-state index in [9.17, 15) is 9.90 Å². The predicted octanol–water partition coefficient (Wildman–Crippen LogP) is 3.62. The van der Waals surface area contributed by atoms with E-state index < -0.39 is 5.91 Å². The number of hydrogen-bond acceptors (Lipinski definition) is 6. The molecule has 0 bridgehead atoms. The third kappa shape index (κ3) is 5.14. The minimum Gasteiger partial charge on any atom is -0.507 e. The van der Waals surface area contributed by atoms with Gasteiger partial charge in [-0.05, 0) is 48.0 Å². The van der Waals surface area contributed by atoms with Crippen molar-refractivity contribution < 1.29 is 19.4 Å². The van der Waals surface area contributed by atoms with Crippen molar-refractivity contribution in [3.8, 4) is 23.3 Å². The van der Waals surface area contributed by atoms with E-state index >= 15 is 0 Å². The van der Waals surface area contributed by atoms with Gasteiger partial charge in [0.25, 0.3) is 5.91 Å². The lowest BCUT2D eigenvalue weighted by molar-refractivity contribution is 0.0952. The normalized spacial score (nSPS) is 10.4. The molecule has 150 valence electrons. The Kier molecular flexibility index (Phi) is 6.64. The van der Waals surface area contributed by atoms with Crippen LogP contribution in [0.4, 0.5) is 0 Å². The number of phenolic OH excluding ortho intramolecular Hbond substituents is 1. The molecule has 0 spiro atoms. The molecule has 7 heteroatoms. The number of phenols is 1. The first-order valence-electron chi connectivity index (χ1n) is 9.02. The van der Waals surface area contributed by atoms with Gasteiger partial charge in [-0.3, -0.25) is 4.79 Å². The van der Waals surface area contributed by atoms with Crippen molar-refractivity contribution in [3.63, 3.8) is 0 Å². The molecule has 0 atom stereocenters. The second-order valence-electron chi connectivity index (χ2n) is 6.21. The number of hydrogen-bond donors (Lipinski definition) is 2. The molecule has 0 saturated heterocycles. The number of carbonyl (C=O) groups excluding carboxylic acids is 1. The van der Waals surface area contributed by atoms with Crippen LogP contribution in [0.2, 0.25) is 0 Å². The van der Waals surface area contributed by atoms with E-state index in [4.69, 9.17) is 14.7 Å². The fraction of sp³-hybridized carbons (Fsp3) is 0.0870. The fourth-order valence-electron chi connectivity index (χ4n) is 2.62. The topological polar surface area (TPSA) is 104 Å². The van der Waals surface area contributed by atoms with Crippen molar-refractivity contribution in [3.05, 3.63) is 89.0 Å². The highest BCUT2D eigenvalue weighted by molar-refractivity contribution is 5.97. The Hall–Kier alpha value is -4.31. The summed E-state index contributed by atoms with van der Waals surface area (Å²) in [5.74, 6) is 0.363. The van der Waals surface area contributed by atoms with E-state index in [2.05, 4.69) is 16.6 Å². The van der Waals surface area contributed by atoms with Crippen LogP contribution >= 0.6 is 0 Å². The van der Waals surface area contributed by atoms with Crippen LogP contribution in [0.25, 0.3) is 0 Å². The first-order valence-corrected chi connectivity index (χ1v) is 9.02. The predicted molar refractivity (Wildman–Crippen MR) is 112 cm³/mol. The van der Waals surface area contributed by atoms with Gasteiger partial charge in [0, 0.05) is 11.6 Å². The van der Waals surface area contributed by atoms with E-state index in [1.807, 2.05) is 18.2 Å². The average Bonchev–Trinajstić information content (AvgIpc) is 2.78. The summed E-state index contributed by atoms with van der Waals surface area (Å²) in [4.78, 5) is 12.1. The largest absolute Gasteiger partial charge is 0.507 e. The zero-order chi connectivity index (χ0) is 21.3. The molecule has 0 aliphatic heterocycles. The van der Waals surface area contributed by atoms with Crippen molar-refractivity contribution in [2.45, 2.75) is 6.61 Å². The van der Waals surface area contributed by atoms with E-state index in [1.54, 1.807) is 36.4 Å². The Labute approximate surface area is 173 Å². The first kappa shape index (κ1) is 20.4. The Bertz CT molecular complexity index is 1100. The molecule has 0 radical (unpaired) electrons. The maximum atomic E-state index is 12.1. The summed E-state index contributed by atoms with van der Waals surface area (Å²) in [5, 5.41) is 22.9. The summed E-state index contributed by atoms with van der Waals surface area (Å²) in [5.41, 5.74) is 4.61. The van der Waals surface area contributed by atoms with Crippen LogP contribution in [0.1, 0.15) is 27.0 Å². The van der Waals surface area contributed by atoms with E-state index in [0.717, 1.165) is 11.1 Å². The van der Waals surface area contributed by atoms with Crippen molar-refractivity contribution >= 4 is 12.1 Å². The van der Waals surface area contributed by atoms with Gasteiger partial charge in [0.1, 0.15) is 23.9 Å². The van der Waals surface area contributed by atoms with Gasteiger partial charge in [0.2, 0.25) is 0 Å². The highest BCUT2D eigenvalue weighted by atomic mass is 16.5. The number of hydrazone groups is 1. The van der Waals surface area contributed by atoms with Gasteiger partial charge >= 0.3 is 0 Å². The Morgan fingerprint density at radius 1 is 1.13 bits per heavy atom. The molecule has 2 N–H and O–H groups in total. The molecular weight excluding hydrogens is 382 g/mol. The van der Waals surface area contributed by atoms with Crippen LogP contribution in [0, 0.1) is 11.3 Å². The number of ether oxygens (including phenoxy) is 2. The average molecular weight is 401 g/mol. The molecule has 3 aromatic carbocycles. The summed E-state index contributed by atoms with van der Waals surface area (Å²) in [7, 11) is 1.47. The SMILES string of the molecule is COc1ccc(C(=O)N/N=C\c2ccc(OCc3ccccc3C#N)cc2)c(O)c1. The van der Waals surface area contributed by atoms with Crippen LogP contribution < -0.4 is 14.9 Å². The van der Waals surface area contributed by atoms with Gasteiger partial charge in [0.15, 0.2) is 0 Å². The van der Waals surface area contributed by atoms with Gasteiger partial charge in [-0.1, -0.05) is 18.2 Å². The van der Waals surface area contributed by atoms with Gasteiger partial charge in [-0.2, -0.15) is 10.4 Å². The zero-order valence-electron chi connectivity index (χ0n) is 16.2. The quantitative estimate of drug-likeness (QED) is 0.465. The second-order valence-corrected chi connectivity index (χ2v) is 6.21. The van der Waals surface area contributed by atoms with Crippen LogP contribution in [0.15, 0.2) is 71.8 Å². The van der Waals surface area contributed by atoms with Crippen LogP contribution in [-0.2, 0) is 6.61 Å². The van der Waals surface area contributed by atoms with Crippen LogP contribution in [0.5, 0.6) is 17.2 Å². The number of aromatic hydroxyl groups is 1. The highest BCUT2D eigenvalue weighted by Crippen LogP contribution is 2.23. The molecule has 1 amide bonds. The lowest BCUT2D eigenvalue weighted by atomic mass is 10.1. The molecule has 0 aromatic heterocycles. The molecule has 3 rings (SSSR count). The Balaban J connectivity index is 1.56. The Morgan fingerprint density at radius 2 is 1.87 bits per heavy atom. The summed E-state index contributed by atoms with van der Waals surface area (Å²) in [6.07, 6.45) is 1.48. The number of nitrogens with one attached hydrogen (secondary N) is 1. The standard InChI is InChI=1S/C23H19N3O4/c1-29-20-10-11-21(22(27)12-20)23(28)26-25-14-16-6-8-19(9-7-16)30-15-18-5-3-2-4-17(18)13-24/h2-12,14,27H,15H2,1H3,(H,26,28)/b25-14-. The Morgan fingerprint density at radius 3 is 2.57 bits per heavy atom. The van der Waals surface area contributed by atoms with Crippen molar-refractivity contribution in [1.82, 2.24) is 5.43 Å². The van der Waals surface area contributed by atoms with Gasteiger partial charge < -0.3 is 14.6 Å². The molecule has 30 heavy (non-hydrogen) atoms. The first-order chi connectivity index (χ1) is 14.6. The van der Waals surface area contributed by atoms with E-state index in [-0.39, 0.29) is 11.3 Å². The number of amides is 1. The highest BCUT2D eigenvalue weighted by Gasteiger charge is 2.11. The number of carbonyl (C=O) groups is 1. The molecule has 0 saturated carbocycles. The van der Waals surface area contributed by atoms with E-state index in [1.165, 1.54) is 25.5 Å². The van der Waals surface area contributed by atoms with Crippen molar-refractivity contribution in [1.29, 1.82) is 5.26 Å². The van der Waals surface area contributed by atoms with Gasteiger partial charge in [-0.25, -0.2) is 5.43 Å². The lowest BCUT2D eigenvalue weighted by Crippen LogP contribution is -2.17. The molecule has 0 fully saturated rings. The van der Waals surface area contributed by atoms with Gasteiger partial charge in [0.05, 0.1) is 30.5 Å². The molecule has 0 unspecified atom stereocenters. The minimum atomic E-state index is -0.539. The maximum Gasteiger partial charge on any atom is 0.275 e. The number of methoxy groups -OCH3 is 1. The third-order valence-electron chi connectivity index (χ3n) is 4.24. The minimum absolute atomic E-state index is 0.0920. The van der Waals surface area contributed by atoms with Gasteiger partial charge in [-0.15, -0.1) is 0 Å². The van der Waals surface area contributed by atoms with Crippen molar-refractivity contribution in [2.75, 3.05) is 7.11 Å².